The summed E-state index contributed by atoms with van der Waals surface area (Å²) in [4.78, 5) is 24.3. The zero-order valence-electron chi connectivity index (χ0n) is 11.2. The first-order chi connectivity index (χ1) is 9.65. The molecule has 0 saturated carbocycles. The molecule has 1 aromatic heterocycles. The zero-order valence-corrected chi connectivity index (χ0v) is 11.2. The SMILES string of the molecule is Cc1cc(C(=O)c2ccc3c(c2)C(=O)NCCC3)co1. The topological polar surface area (TPSA) is 59.3 Å². The lowest BCUT2D eigenvalue weighted by Crippen LogP contribution is -2.22. The lowest BCUT2D eigenvalue weighted by Gasteiger charge is -2.06. The number of ketones is 1. The predicted molar refractivity (Wildman–Crippen MR) is 74.0 cm³/mol. The van der Waals surface area contributed by atoms with Crippen molar-refractivity contribution in [3.05, 3.63) is 58.5 Å². The Morgan fingerprint density at radius 1 is 1.25 bits per heavy atom. The molecule has 4 heteroatoms. The van der Waals surface area contributed by atoms with Gasteiger partial charge in [0.25, 0.3) is 5.91 Å². The molecule has 20 heavy (non-hydrogen) atoms. The number of aryl methyl sites for hydroxylation is 2. The first-order valence-corrected chi connectivity index (χ1v) is 6.66. The second kappa shape index (κ2) is 4.96. The van der Waals surface area contributed by atoms with Crippen molar-refractivity contribution >= 4 is 11.7 Å². The smallest absolute Gasteiger partial charge is 0.251 e. The summed E-state index contributed by atoms with van der Waals surface area (Å²) in [6, 6.07) is 7.04. The van der Waals surface area contributed by atoms with Gasteiger partial charge in [-0.3, -0.25) is 9.59 Å². The molecule has 0 bridgehead atoms. The quantitative estimate of drug-likeness (QED) is 0.852. The third kappa shape index (κ3) is 2.25. The molecule has 1 amide bonds. The van der Waals surface area contributed by atoms with Gasteiger partial charge in [0.05, 0.1) is 5.56 Å². The van der Waals surface area contributed by atoms with E-state index in [1.165, 1.54) is 6.26 Å². The summed E-state index contributed by atoms with van der Waals surface area (Å²) < 4.78 is 5.16. The Hall–Kier alpha value is -2.36. The van der Waals surface area contributed by atoms with Crippen LogP contribution in [0.15, 0.2) is 34.9 Å². The molecule has 0 spiro atoms. The molecule has 0 unspecified atom stereocenters. The van der Waals surface area contributed by atoms with E-state index in [0.717, 1.165) is 18.4 Å². The van der Waals surface area contributed by atoms with Gasteiger partial charge in [-0.05, 0) is 37.5 Å². The van der Waals surface area contributed by atoms with E-state index in [1.54, 1.807) is 25.1 Å². The lowest BCUT2D eigenvalue weighted by atomic mass is 9.97. The van der Waals surface area contributed by atoms with Crippen LogP contribution >= 0.6 is 0 Å². The maximum atomic E-state index is 12.3. The fourth-order valence-electron chi connectivity index (χ4n) is 2.45. The van der Waals surface area contributed by atoms with Gasteiger partial charge in [0.15, 0.2) is 5.78 Å². The first-order valence-electron chi connectivity index (χ1n) is 6.66. The lowest BCUT2D eigenvalue weighted by molar-refractivity contribution is 0.0956. The van der Waals surface area contributed by atoms with Gasteiger partial charge in [-0.1, -0.05) is 12.1 Å². The second-order valence-corrected chi connectivity index (χ2v) is 5.01. The first kappa shape index (κ1) is 12.7. The van der Waals surface area contributed by atoms with Crippen molar-refractivity contribution in [2.75, 3.05) is 6.54 Å². The summed E-state index contributed by atoms with van der Waals surface area (Å²) in [7, 11) is 0. The summed E-state index contributed by atoms with van der Waals surface area (Å²) in [5, 5.41) is 2.84. The van der Waals surface area contributed by atoms with Gasteiger partial charge in [-0.25, -0.2) is 0 Å². The van der Waals surface area contributed by atoms with Crippen LogP contribution in [0.2, 0.25) is 0 Å². The van der Waals surface area contributed by atoms with E-state index in [1.807, 2.05) is 6.07 Å². The minimum atomic E-state index is -0.123. The number of nitrogens with one attached hydrogen (secondary N) is 1. The van der Waals surface area contributed by atoms with Crippen molar-refractivity contribution in [3.63, 3.8) is 0 Å². The summed E-state index contributed by atoms with van der Waals surface area (Å²) in [5.74, 6) is 0.470. The fourth-order valence-corrected chi connectivity index (χ4v) is 2.45. The minimum Gasteiger partial charge on any atom is -0.469 e. The van der Waals surface area contributed by atoms with Gasteiger partial charge in [0.2, 0.25) is 0 Å². The highest BCUT2D eigenvalue weighted by Gasteiger charge is 2.18. The highest BCUT2D eigenvalue weighted by atomic mass is 16.3. The van der Waals surface area contributed by atoms with E-state index < -0.39 is 0 Å². The van der Waals surface area contributed by atoms with Crippen molar-refractivity contribution in [1.29, 1.82) is 0 Å². The molecule has 0 aliphatic carbocycles. The largest absolute Gasteiger partial charge is 0.469 e. The summed E-state index contributed by atoms with van der Waals surface area (Å²) >= 11 is 0. The molecule has 4 nitrogen and oxygen atoms in total. The molecular formula is C16H15NO3. The molecule has 0 radical (unpaired) electrons. The van der Waals surface area contributed by atoms with Crippen molar-refractivity contribution in [2.45, 2.75) is 19.8 Å². The fraction of sp³-hybridized carbons (Fsp3) is 0.250. The molecule has 2 heterocycles. The van der Waals surface area contributed by atoms with Crippen LogP contribution < -0.4 is 5.32 Å². The molecule has 1 aliphatic rings. The number of rotatable bonds is 2. The van der Waals surface area contributed by atoms with E-state index in [-0.39, 0.29) is 11.7 Å². The normalized spacial score (nSPS) is 14.3. The minimum absolute atomic E-state index is 0.101. The van der Waals surface area contributed by atoms with E-state index in [4.69, 9.17) is 4.42 Å². The molecule has 2 aromatic rings. The number of benzene rings is 1. The van der Waals surface area contributed by atoms with Gasteiger partial charge in [-0.2, -0.15) is 0 Å². The average molecular weight is 269 g/mol. The Morgan fingerprint density at radius 3 is 2.85 bits per heavy atom. The number of hydrogen-bond donors (Lipinski definition) is 1. The van der Waals surface area contributed by atoms with Gasteiger partial charge in [-0.15, -0.1) is 0 Å². The van der Waals surface area contributed by atoms with Crippen molar-refractivity contribution in [1.82, 2.24) is 5.32 Å². The van der Waals surface area contributed by atoms with Crippen molar-refractivity contribution in [3.8, 4) is 0 Å². The van der Waals surface area contributed by atoms with Gasteiger partial charge >= 0.3 is 0 Å². The standard InChI is InChI=1S/C16H15NO3/c1-10-7-13(9-20-10)15(18)12-5-4-11-3-2-6-17-16(19)14(11)8-12/h4-5,7-9H,2-3,6H2,1H3,(H,17,19). The van der Waals surface area contributed by atoms with Crippen LogP contribution in [0.4, 0.5) is 0 Å². The van der Waals surface area contributed by atoms with Crippen LogP contribution in [0.25, 0.3) is 0 Å². The maximum Gasteiger partial charge on any atom is 0.251 e. The van der Waals surface area contributed by atoms with E-state index in [0.29, 0.717) is 29.0 Å². The molecular weight excluding hydrogens is 254 g/mol. The molecule has 1 N–H and O–H groups in total. The van der Waals surface area contributed by atoms with Crippen LogP contribution in [0.1, 0.15) is 44.0 Å². The van der Waals surface area contributed by atoms with Gasteiger partial charge in [0.1, 0.15) is 12.0 Å². The third-order valence-corrected chi connectivity index (χ3v) is 3.52. The zero-order chi connectivity index (χ0) is 14.1. The monoisotopic (exact) mass is 269 g/mol. The number of carbonyl (C=O) groups excluding carboxylic acids is 2. The highest BCUT2D eigenvalue weighted by Crippen LogP contribution is 2.19. The highest BCUT2D eigenvalue weighted by molar-refractivity contribution is 6.10. The third-order valence-electron chi connectivity index (χ3n) is 3.52. The summed E-state index contributed by atoms with van der Waals surface area (Å²) in [6.45, 7) is 2.47. The Morgan fingerprint density at radius 2 is 2.10 bits per heavy atom. The summed E-state index contributed by atoms with van der Waals surface area (Å²) in [5.41, 5.74) is 2.63. The van der Waals surface area contributed by atoms with Crippen molar-refractivity contribution in [2.24, 2.45) is 0 Å². The molecule has 102 valence electrons. The van der Waals surface area contributed by atoms with Crippen LogP contribution in [0.3, 0.4) is 0 Å². The van der Waals surface area contributed by atoms with Gasteiger partial charge < -0.3 is 9.73 Å². The maximum absolute atomic E-state index is 12.3. The second-order valence-electron chi connectivity index (χ2n) is 5.01. The number of hydrogen-bond acceptors (Lipinski definition) is 3. The van der Waals surface area contributed by atoms with Crippen LogP contribution in [-0.4, -0.2) is 18.2 Å². The number of amides is 1. The Bertz CT molecular complexity index is 685. The van der Waals surface area contributed by atoms with Crippen LogP contribution in [0.5, 0.6) is 0 Å². The number of furan rings is 1. The molecule has 1 aromatic carbocycles. The molecule has 3 rings (SSSR count). The molecule has 0 atom stereocenters. The van der Waals surface area contributed by atoms with E-state index in [9.17, 15) is 9.59 Å². The number of carbonyl (C=O) groups is 2. The van der Waals surface area contributed by atoms with Crippen LogP contribution in [0, 0.1) is 6.92 Å². The summed E-state index contributed by atoms with van der Waals surface area (Å²) in [6.07, 6.45) is 3.23. The number of fused-ring (bicyclic) bond motifs is 1. The van der Waals surface area contributed by atoms with Crippen LogP contribution in [-0.2, 0) is 6.42 Å². The molecule has 0 saturated heterocycles. The predicted octanol–water partition coefficient (Wildman–Crippen LogP) is 2.50. The van der Waals surface area contributed by atoms with Gasteiger partial charge in [0, 0.05) is 17.7 Å². The Kier molecular flexibility index (Phi) is 3.14. The van der Waals surface area contributed by atoms with E-state index >= 15 is 0 Å². The average Bonchev–Trinajstić information content (AvgIpc) is 2.80. The molecule has 0 fully saturated rings. The van der Waals surface area contributed by atoms with Crippen molar-refractivity contribution < 1.29 is 14.0 Å². The Labute approximate surface area is 116 Å². The van der Waals surface area contributed by atoms with E-state index in [2.05, 4.69) is 5.32 Å². The molecule has 1 aliphatic heterocycles. The Balaban J connectivity index is 1.99.